The highest BCUT2D eigenvalue weighted by molar-refractivity contribution is 5.73. The fraction of sp³-hybridized carbons (Fsp3) is 0.909. The number of nitrogens with one attached hydrogen (secondary N) is 2. The summed E-state index contributed by atoms with van der Waals surface area (Å²) < 4.78 is 0. The summed E-state index contributed by atoms with van der Waals surface area (Å²) in [5.41, 5.74) is 1.59. The smallest absolute Gasteiger partial charge is 0.312 e. The van der Waals surface area contributed by atoms with E-state index in [1.807, 2.05) is 19.3 Å². The number of nitrogens with zero attached hydrogens (tertiary/aromatic N) is 1. The Hall–Kier alpha value is -0.850. The standard InChI is InChI=1S/C11H25N5O/c1-11(2,16(13)10(17)15-12)8-14-9-6-4-3-5-7-9/h9,14H,3-8,12-13H2,1-2H3,(H,15,17). The van der Waals surface area contributed by atoms with Crippen LogP contribution in [0.1, 0.15) is 46.0 Å². The Labute approximate surface area is 103 Å². The van der Waals surface area contributed by atoms with Crippen molar-refractivity contribution in [1.82, 2.24) is 15.8 Å². The van der Waals surface area contributed by atoms with Crippen LogP contribution in [0.15, 0.2) is 0 Å². The lowest BCUT2D eigenvalue weighted by Crippen LogP contribution is -2.61. The lowest BCUT2D eigenvalue weighted by molar-refractivity contribution is 0.129. The number of carbonyl (C=O) groups is 1. The van der Waals surface area contributed by atoms with Crippen LogP contribution in [0.3, 0.4) is 0 Å². The van der Waals surface area contributed by atoms with Gasteiger partial charge in [0, 0.05) is 12.6 Å². The van der Waals surface area contributed by atoms with Crippen LogP contribution in [0.2, 0.25) is 0 Å². The number of carbonyl (C=O) groups excluding carboxylic acids is 1. The van der Waals surface area contributed by atoms with Crippen LogP contribution < -0.4 is 22.4 Å². The van der Waals surface area contributed by atoms with Gasteiger partial charge in [0.15, 0.2) is 0 Å². The molecule has 0 aliphatic heterocycles. The van der Waals surface area contributed by atoms with Crippen LogP contribution in [-0.2, 0) is 0 Å². The first-order valence-electron chi connectivity index (χ1n) is 6.26. The largest absolute Gasteiger partial charge is 0.346 e. The Balaban J connectivity index is 2.39. The molecular weight excluding hydrogens is 218 g/mol. The summed E-state index contributed by atoms with van der Waals surface area (Å²) in [6.07, 6.45) is 6.33. The molecular formula is C11H25N5O. The molecule has 6 nitrogen and oxygen atoms in total. The van der Waals surface area contributed by atoms with Gasteiger partial charge < -0.3 is 5.32 Å². The Bertz CT molecular complexity index is 250. The van der Waals surface area contributed by atoms with Gasteiger partial charge >= 0.3 is 6.03 Å². The molecule has 2 amide bonds. The fourth-order valence-electron chi connectivity index (χ4n) is 2.13. The molecule has 0 saturated heterocycles. The van der Waals surface area contributed by atoms with Gasteiger partial charge in [0.2, 0.25) is 0 Å². The molecule has 0 aromatic carbocycles. The first kappa shape index (κ1) is 14.2. The second-order valence-electron chi connectivity index (χ2n) is 5.35. The maximum atomic E-state index is 11.3. The van der Waals surface area contributed by atoms with E-state index in [2.05, 4.69) is 5.32 Å². The topological polar surface area (TPSA) is 96.4 Å². The zero-order valence-electron chi connectivity index (χ0n) is 10.8. The Morgan fingerprint density at radius 1 is 1.35 bits per heavy atom. The molecule has 0 heterocycles. The maximum Gasteiger partial charge on any atom is 0.346 e. The van der Waals surface area contributed by atoms with Crippen LogP contribution in [0.4, 0.5) is 4.79 Å². The summed E-state index contributed by atoms with van der Waals surface area (Å²) in [5.74, 6) is 10.8. The molecule has 0 spiro atoms. The number of urea groups is 1. The highest BCUT2D eigenvalue weighted by Gasteiger charge is 2.29. The summed E-state index contributed by atoms with van der Waals surface area (Å²) in [7, 11) is 0. The molecule has 0 atom stereocenters. The normalized spacial score (nSPS) is 17.9. The third-order valence-electron chi connectivity index (χ3n) is 3.42. The molecule has 1 rings (SSSR count). The predicted octanol–water partition coefficient (Wildman–Crippen LogP) is 0.446. The Morgan fingerprint density at radius 2 is 1.94 bits per heavy atom. The van der Waals surface area contributed by atoms with E-state index in [4.69, 9.17) is 11.7 Å². The average molecular weight is 243 g/mol. The lowest BCUT2D eigenvalue weighted by atomic mass is 9.94. The van der Waals surface area contributed by atoms with Crippen molar-refractivity contribution in [3.8, 4) is 0 Å². The number of hydrogen-bond acceptors (Lipinski definition) is 4. The minimum Gasteiger partial charge on any atom is -0.312 e. The van der Waals surface area contributed by atoms with E-state index in [0.717, 1.165) is 5.01 Å². The van der Waals surface area contributed by atoms with Crippen LogP contribution in [-0.4, -0.2) is 29.2 Å². The molecule has 0 aromatic rings. The van der Waals surface area contributed by atoms with Gasteiger partial charge in [-0.1, -0.05) is 19.3 Å². The second kappa shape index (κ2) is 6.18. The summed E-state index contributed by atoms with van der Waals surface area (Å²) in [6.45, 7) is 4.50. The molecule has 6 heteroatoms. The number of amides is 2. The third-order valence-corrected chi connectivity index (χ3v) is 3.42. The van der Waals surface area contributed by atoms with E-state index in [9.17, 15) is 4.79 Å². The number of hydrazine groups is 2. The fourth-order valence-corrected chi connectivity index (χ4v) is 2.13. The molecule has 17 heavy (non-hydrogen) atoms. The van der Waals surface area contributed by atoms with Gasteiger partial charge in [0.05, 0.1) is 5.54 Å². The van der Waals surface area contributed by atoms with Gasteiger partial charge in [0.25, 0.3) is 0 Å². The molecule has 6 N–H and O–H groups in total. The van der Waals surface area contributed by atoms with Crippen LogP contribution in [0, 0.1) is 0 Å². The second-order valence-corrected chi connectivity index (χ2v) is 5.35. The van der Waals surface area contributed by atoms with Crippen molar-refractivity contribution in [3.63, 3.8) is 0 Å². The average Bonchev–Trinajstić information content (AvgIpc) is 2.36. The van der Waals surface area contributed by atoms with E-state index in [1.54, 1.807) is 0 Å². The summed E-state index contributed by atoms with van der Waals surface area (Å²) in [5, 5.41) is 4.62. The molecule has 100 valence electrons. The quantitative estimate of drug-likeness (QED) is 0.327. The minimum atomic E-state index is -0.472. The van der Waals surface area contributed by atoms with Crippen molar-refractivity contribution in [2.45, 2.75) is 57.5 Å². The van der Waals surface area contributed by atoms with Crippen molar-refractivity contribution >= 4 is 6.03 Å². The summed E-state index contributed by atoms with van der Waals surface area (Å²) in [6, 6.07) is 0.0813. The predicted molar refractivity (Wildman–Crippen MR) is 67.7 cm³/mol. The van der Waals surface area contributed by atoms with E-state index in [0.29, 0.717) is 12.6 Å². The van der Waals surface area contributed by atoms with Gasteiger partial charge in [0.1, 0.15) is 0 Å². The molecule has 0 bridgehead atoms. The molecule has 0 unspecified atom stereocenters. The zero-order valence-corrected chi connectivity index (χ0v) is 10.8. The number of hydrogen-bond donors (Lipinski definition) is 4. The molecule has 0 aromatic heterocycles. The molecule has 1 fully saturated rings. The van der Waals surface area contributed by atoms with Crippen molar-refractivity contribution in [1.29, 1.82) is 0 Å². The van der Waals surface area contributed by atoms with Gasteiger partial charge in [-0.15, -0.1) is 0 Å². The zero-order chi connectivity index (χ0) is 12.9. The van der Waals surface area contributed by atoms with Crippen molar-refractivity contribution in [3.05, 3.63) is 0 Å². The highest BCUT2D eigenvalue weighted by atomic mass is 16.2. The lowest BCUT2D eigenvalue weighted by Gasteiger charge is -2.36. The van der Waals surface area contributed by atoms with Crippen molar-refractivity contribution in [2.24, 2.45) is 11.7 Å². The van der Waals surface area contributed by atoms with Gasteiger partial charge in [-0.05, 0) is 26.7 Å². The number of rotatable bonds is 4. The third kappa shape index (κ3) is 4.14. The van der Waals surface area contributed by atoms with Crippen LogP contribution >= 0.6 is 0 Å². The van der Waals surface area contributed by atoms with Gasteiger partial charge in [-0.25, -0.2) is 16.5 Å². The van der Waals surface area contributed by atoms with Crippen LogP contribution in [0.5, 0.6) is 0 Å². The van der Waals surface area contributed by atoms with E-state index >= 15 is 0 Å². The monoisotopic (exact) mass is 243 g/mol. The van der Waals surface area contributed by atoms with E-state index in [1.165, 1.54) is 32.1 Å². The van der Waals surface area contributed by atoms with Crippen molar-refractivity contribution < 1.29 is 4.79 Å². The first-order chi connectivity index (χ1) is 7.97. The molecule has 0 radical (unpaired) electrons. The highest BCUT2D eigenvalue weighted by Crippen LogP contribution is 2.18. The Morgan fingerprint density at radius 3 is 2.47 bits per heavy atom. The Kier molecular flexibility index (Phi) is 5.17. The SMILES string of the molecule is CC(C)(CNC1CCCCC1)N(N)C(=O)NN. The minimum absolute atomic E-state index is 0.457. The molecule has 1 aliphatic rings. The van der Waals surface area contributed by atoms with Crippen molar-refractivity contribution in [2.75, 3.05) is 6.54 Å². The maximum absolute atomic E-state index is 11.3. The number of nitrogens with two attached hydrogens (primary N) is 2. The van der Waals surface area contributed by atoms with E-state index in [-0.39, 0.29) is 0 Å². The molecule has 1 saturated carbocycles. The van der Waals surface area contributed by atoms with Gasteiger partial charge in [-0.3, -0.25) is 10.4 Å². The summed E-state index contributed by atoms with van der Waals surface area (Å²) in [4.78, 5) is 11.3. The molecule has 1 aliphatic carbocycles. The summed E-state index contributed by atoms with van der Waals surface area (Å²) >= 11 is 0. The van der Waals surface area contributed by atoms with E-state index < -0.39 is 11.6 Å². The van der Waals surface area contributed by atoms with Gasteiger partial charge in [-0.2, -0.15) is 0 Å². The van der Waals surface area contributed by atoms with Crippen LogP contribution in [0.25, 0.3) is 0 Å². The first-order valence-corrected chi connectivity index (χ1v) is 6.26.